The van der Waals surface area contributed by atoms with Crippen molar-refractivity contribution in [2.45, 2.75) is 26.6 Å². The second kappa shape index (κ2) is 5.13. The largest absolute Gasteiger partial charge is 0.369 e. The third-order valence-corrected chi connectivity index (χ3v) is 2.88. The molecule has 0 bridgehead atoms. The molecule has 1 nitrogen and oxygen atoms in total. The van der Waals surface area contributed by atoms with E-state index in [0.29, 0.717) is 12.5 Å². The molecule has 1 aliphatic rings. The van der Waals surface area contributed by atoms with Crippen LogP contribution in [0, 0.1) is 5.92 Å². The van der Waals surface area contributed by atoms with Crippen LogP contribution in [0.5, 0.6) is 0 Å². The molecule has 0 saturated heterocycles. The van der Waals surface area contributed by atoms with Crippen LogP contribution in [0.2, 0.25) is 0 Å². The molecule has 0 amide bonds. The third-order valence-electron chi connectivity index (χ3n) is 2.88. The average Bonchev–Trinajstić information content (AvgIpc) is 2.29. The molecule has 1 aliphatic carbocycles. The normalized spacial score (nSPS) is 24.2. The Hall–Kier alpha value is -1.34. The van der Waals surface area contributed by atoms with E-state index in [1.807, 2.05) is 18.2 Å². The maximum absolute atomic E-state index is 5.90. The minimum atomic E-state index is 0.212. The molecule has 0 aliphatic heterocycles. The topological polar surface area (TPSA) is 9.23 Å². The van der Waals surface area contributed by atoms with Gasteiger partial charge in [0.1, 0.15) is 0 Å². The van der Waals surface area contributed by atoms with Gasteiger partial charge in [0, 0.05) is 5.92 Å². The van der Waals surface area contributed by atoms with Crippen LogP contribution >= 0.6 is 0 Å². The summed E-state index contributed by atoms with van der Waals surface area (Å²) in [5, 5.41) is 0. The van der Waals surface area contributed by atoms with Crippen LogP contribution in [0.4, 0.5) is 0 Å². The zero-order valence-corrected chi connectivity index (χ0v) is 9.89. The molecule has 1 aromatic carbocycles. The minimum absolute atomic E-state index is 0.212. The number of ether oxygens (including phenoxy) is 1. The fourth-order valence-corrected chi connectivity index (χ4v) is 1.96. The van der Waals surface area contributed by atoms with Gasteiger partial charge in [-0.15, -0.1) is 0 Å². The zero-order valence-electron chi connectivity index (χ0n) is 9.89. The Morgan fingerprint density at radius 2 is 1.94 bits per heavy atom. The molecule has 2 rings (SSSR count). The van der Waals surface area contributed by atoms with Gasteiger partial charge in [-0.25, -0.2) is 0 Å². The van der Waals surface area contributed by atoms with Gasteiger partial charge in [0.05, 0.1) is 12.7 Å². The van der Waals surface area contributed by atoms with E-state index in [0.717, 1.165) is 0 Å². The second-order valence-corrected chi connectivity index (χ2v) is 4.39. The lowest BCUT2D eigenvalue weighted by molar-refractivity contribution is 0.0489. The summed E-state index contributed by atoms with van der Waals surface area (Å²) in [6, 6.07) is 10.3. The highest BCUT2D eigenvalue weighted by Gasteiger charge is 2.15. The van der Waals surface area contributed by atoms with Crippen molar-refractivity contribution in [2.24, 2.45) is 5.92 Å². The van der Waals surface area contributed by atoms with Crippen LogP contribution in [-0.4, -0.2) is 6.10 Å². The van der Waals surface area contributed by atoms with Gasteiger partial charge in [0.15, 0.2) is 0 Å². The van der Waals surface area contributed by atoms with Gasteiger partial charge in [-0.3, -0.25) is 0 Å². The number of allylic oxidation sites excluding steroid dienone is 2. The monoisotopic (exact) mass is 214 g/mol. The first-order valence-corrected chi connectivity index (χ1v) is 5.78. The van der Waals surface area contributed by atoms with E-state index >= 15 is 0 Å². The number of rotatable bonds is 3. The molecule has 0 saturated carbocycles. The van der Waals surface area contributed by atoms with Gasteiger partial charge in [-0.1, -0.05) is 61.1 Å². The summed E-state index contributed by atoms with van der Waals surface area (Å²) in [6.45, 7) is 5.01. The van der Waals surface area contributed by atoms with Crippen LogP contribution in [0.3, 0.4) is 0 Å². The fourth-order valence-electron chi connectivity index (χ4n) is 1.96. The van der Waals surface area contributed by atoms with E-state index < -0.39 is 0 Å². The summed E-state index contributed by atoms with van der Waals surface area (Å²) in [5.74, 6) is 0.466. The molecule has 2 atom stereocenters. The van der Waals surface area contributed by atoms with Gasteiger partial charge >= 0.3 is 0 Å². The van der Waals surface area contributed by atoms with Crippen LogP contribution in [0.25, 0.3) is 0 Å². The first-order chi connectivity index (χ1) is 7.75. The summed E-state index contributed by atoms with van der Waals surface area (Å²) in [7, 11) is 0. The molecule has 0 fully saturated rings. The highest BCUT2D eigenvalue weighted by Crippen LogP contribution is 2.20. The summed E-state index contributed by atoms with van der Waals surface area (Å²) < 4.78 is 5.90. The Kier molecular flexibility index (Phi) is 3.58. The summed E-state index contributed by atoms with van der Waals surface area (Å²) in [4.78, 5) is 0. The van der Waals surface area contributed by atoms with Gasteiger partial charge < -0.3 is 4.74 Å². The SMILES string of the molecule is CC1=C[C@H](C)[C@@H](OCc2ccccc2)C=C1. The Bertz CT molecular complexity index is 389. The van der Waals surface area contributed by atoms with Crippen LogP contribution in [0.1, 0.15) is 19.4 Å². The lowest BCUT2D eigenvalue weighted by Crippen LogP contribution is -2.20. The molecule has 1 aromatic rings. The molecule has 0 unspecified atom stereocenters. The second-order valence-electron chi connectivity index (χ2n) is 4.39. The zero-order chi connectivity index (χ0) is 11.4. The van der Waals surface area contributed by atoms with E-state index in [1.165, 1.54) is 11.1 Å². The molecule has 0 heterocycles. The average molecular weight is 214 g/mol. The van der Waals surface area contributed by atoms with E-state index in [-0.39, 0.29) is 6.10 Å². The maximum atomic E-state index is 5.90. The van der Waals surface area contributed by atoms with E-state index in [2.05, 4.69) is 44.2 Å². The van der Waals surface area contributed by atoms with Crippen molar-refractivity contribution in [2.75, 3.05) is 0 Å². The van der Waals surface area contributed by atoms with Gasteiger partial charge in [0.2, 0.25) is 0 Å². The molecule has 0 spiro atoms. The Labute approximate surface area is 97.4 Å². The number of hydrogen-bond acceptors (Lipinski definition) is 1. The van der Waals surface area contributed by atoms with Crippen LogP contribution < -0.4 is 0 Å². The predicted molar refractivity (Wildman–Crippen MR) is 67.1 cm³/mol. The highest BCUT2D eigenvalue weighted by atomic mass is 16.5. The molecule has 16 heavy (non-hydrogen) atoms. The third kappa shape index (κ3) is 2.83. The van der Waals surface area contributed by atoms with Crippen molar-refractivity contribution < 1.29 is 4.74 Å². The first kappa shape index (κ1) is 11.2. The minimum Gasteiger partial charge on any atom is -0.369 e. The van der Waals surface area contributed by atoms with E-state index in [9.17, 15) is 0 Å². The number of benzene rings is 1. The molecule has 0 radical (unpaired) electrons. The summed E-state index contributed by atoms with van der Waals surface area (Å²) in [5.41, 5.74) is 2.56. The lowest BCUT2D eigenvalue weighted by Gasteiger charge is -2.22. The molecule has 84 valence electrons. The van der Waals surface area contributed by atoms with E-state index in [4.69, 9.17) is 4.74 Å². The Balaban J connectivity index is 1.90. The Morgan fingerprint density at radius 1 is 1.19 bits per heavy atom. The summed E-state index contributed by atoms with van der Waals surface area (Å²) >= 11 is 0. The van der Waals surface area contributed by atoms with Crippen LogP contribution in [0.15, 0.2) is 54.1 Å². The number of hydrogen-bond donors (Lipinski definition) is 0. The molecule has 0 N–H and O–H groups in total. The maximum Gasteiger partial charge on any atom is 0.0823 e. The fraction of sp³-hybridized carbons (Fsp3) is 0.333. The molecule has 0 aromatic heterocycles. The van der Waals surface area contributed by atoms with Crippen molar-refractivity contribution in [1.82, 2.24) is 0 Å². The molecule has 1 heteroatoms. The van der Waals surface area contributed by atoms with Crippen LogP contribution in [-0.2, 0) is 11.3 Å². The molecular weight excluding hydrogens is 196 g/mol. The lowest BCUT2D eigenvalue weighted by atomic mass is 9.96. The van der Waals surface area contributed by atoms with Crippen molar-refractivity contribution in [3.63, 3.8) is 0 Å². The molecular formula is C15H18O. The quantitative estimate of drug-likeness (QED) is 0.745. The van der Waals surface area contributed by atoms with Crippen molar-refractivity contribution in [1.29, 1.82) is 0 Å². The first-order valence-electron chi connectivity index (χ1n) is 5.78. The van der Waals surface area contributed by atoms with Crippen molar-refractivity contribution in [3.05, 3.63) is 59.7 Å². The Morgan fingerprint density at radius 3 is 2.62 bits per heavy atom. The van der Waals surface area contributed by atoms with Gasteiger partial charge in [-0.05, 0) is 12.5 Å². The van der Waals surface area contributed by atoms with Crippen molar-refractivity contribution in [3.8, 4) is 0 Å². The van der Waals surface area contributed by atoms with E-state index in [1.54, 1.807) is 0 Å². The van der Waals surface area contributed by atoms with Gasteiger partial charge in [0.25, 0.3) is 0 Å². The summed E-state index contributed by atoms with van der Waals surface area (Å²) in [6.07, 6.45) is 6.76. The van der Waals surface area contributed by atoms with Gasteiger partial charge in [-0.2, -0.15) is 0 Å². The smallest absolute Gasteiger partial charge is 0.0823 e. The predicted octanol–water partition coefficient (Wildman–Crippen LogP) is 3.72. The van der Waals surface area contributed by atoms with Crippen molar-refractivity contribution >= 4 is 0 Å². The standard InChI is InChI=1S/C15H18O/c1-12-8-9-15(13(2)10-12)16-11-14-6-4-3-5-7-14/h3-10,13,15H,11H2,1-2H3/t13-,15-/m0/s1. The highest BCUT2D eigenvalue weighted by molar-refractivity contribution is 5.24.